The number of methoxy groups -OCH3 is 1. The summed E-state index contributed by atoms with van der Waals surface area (Å²) in [4.78, 5) is 25.0. The van der Waals surface area contributed by atoms with Crippen LogP contribution in [0.15, 0.2) is 49.1 Å². The lowest BCUT2D eigenvalue weighted by Crippen LogP contribution is -2.14. The number of nitrogens with one attached hydrogen (secondary N) is 1. The summed E-state index contributed by atoms with van der Waals surface area (Å²) >= 11 is 0. The van der Waals surface area contributed by atoms with Crippen LogP contribution in [0.25, 0.3) is 22.2 Å². The summed E-state index contributed by atoms with van der Waals surface area (Å²) < 4.78 is 8.54. The molecule has 11 heteroatoms. The van der Waals surface area contributed by atoms with Crippen molar-refractivity contribution < 1.29 is 9.53 Å². The molecule has 4 aromatic heterocycles. The Morgan fingerprint density at radius 3 is 2.88 bits per heavy atom. The number of nitrogens with zero attached hydrogens (tertiary/aromatic N) is 8. The number of carbonyl (C=O) groups excluding carboxylic acids is 1. The van der Waals surface area contributed by atoms with Crippen molar-refractivity contribution in [3.63, 3.8) is 0 Å². The molecular weight excluding hydrogens is 410 g/mol. The van der Waals surface area contributed by atoms with Crippen molar-refractivity contribution in [2.75, 3.05) is 12.4 Å². The van der Waals surface area contributed by atoms with E-state index in [0.29, 0.717) is 28.8 Å². The highest BCUT2D eigenvalue weighted by atomic mass is 16.5. The zero-order valence-electron chi connectivity index (χ0n) is 17.6. The third kappa shape index (κ3) is 4.01. The number of aromatic nitrogens is 7. The van der Waals surface area contributed by atoms with Crippen molar-refractivity contribution in [2.24, 2.45) is 0 Å². The summed E-state index contributed by atoms with van der Waals surface area (Å²) in [6.45, 7) is 11.2. The first-order chi connectivity index (χ1) is 15.5. The summed E-state index contributed by atoms with van der Waals surface area (Å²) in [5, 5.41) is 15.1. The lowest BCUT2D eigenvalue weighted by atomic mass is 10.3. The van der Waals surface area contributed by atoms with E-state index in [0.717, 1.165) is 0 Å². The molecule has 160 valence electrons. The minimum absolute atomic E-state index is 0.119. The van der Waals surface area contributed by atoms with E-state index in [9.17, 15) is 4.79 Å². The van der Waals surface area contributed by atoms with E-state index in [-0.39, 0.29) is 17.5 Å². The van der Waals surface area contributed by atoms with E-state index in [2.05, 4.69) is 35.4 Å². The standard InChI is InChI=1S/C21H19N9O2/c1-13(2)29-12-24-27-19(29)16-6-5-7-17(25-16)26-20(31)15-11-30(28-21(15)32-4)18-10-14(22-3)8-9-23-18/h5-13H,1-2,4H3,(H,25,26,31). The molecule has 0 fully saturated rings. The van der Waals surface area contributed by atoms with Crippen molar-refractivity contribution in [3.05, 3.63) is 66.0 Å². The van der Waals surface area contributed by atoms with Crippen LogP contribution in [-0.4, -0.2) is 47.5 Å². The van der Waals surface area contributed by atoms with Gasteiger partial charge in [-0.25, -0.2) is 19.5 Å². The van der Waals surface area contributed by atoms with Crippen LogP contribution in [0.4, 0.5) is 11.5 Å². The van der Waals surface area contributed by atoms with Gasteiger partial charge in [0.25, 0.3) is 5.91 Å². The van der Waals surface area contributed by atoms with Gasteiger partial charge in [-0.05, 0) is 38.1 Å². The molecule has 1 N–H and O–H groups in total. The maximum atomic E-state index is 12.9. The fraction of sp³-hybridized carbons (Fsp3) is 0.190. The zero-order valence-corrected chi connectivity index (χ0v) is 17.6. The molecule has 4 aromatic rings. The third-order valence-corrected chi connectivity index (χ3v) is 4.56. The number of amides is 1. The highest BCUT2D eigenvalue weighted by Crippen LogP contribution is 2.23. The first kappa shape index (κ1) is 20.7. The molecule has 0 radical (unpaired) electrons. The summed E-state index contributed by atoms with van der Waals surface area (Å²) in [7, 11) is 1.42. The Labute approximate surface area is 183 Å². The Bertz CT molecular complexity index is 1320. The van der Waals surface area contributed by atoms with Crippen molar-refractivity contribution in [1.29, 1.82) is 0 Å². The molecular formula is C21H19N9O2. The van der Waals surface area contributed by atoms with Gasteiger partial charge in [0.15, 0.2) is 11.5 Å². The molecule has 1 amide bonds. The topological polar surface area (TPSA) is 117 Å². The molecule has 32 heavy (non-hydrogen) atoms. The van der Waals surface area contributed by atoms with Gasteiger partial charge in [-0.2, -0.15) is 0 Å². The average molecular weight is 429 g/mol. The second-order valence-electron chi connectivity index (χ2n) is 7.00. The van der Waals surface area contributed by atoms with Gasteiger partial charge < -0.3 is 14.6 Å². The Kier molecular flexibility index (Phi) is 5.59. The number of rotatable bonds is 6. The summed E-state index contributed by atoms with van der Waals surface area (Å²) in [5.41, 5.74) is 1.18. The van der Waals surface area contributed by atoms with Crippen molar-refractivity contribution in [2.45, 2.75) is 19.9 Å². The molecule has 0 aromatic carbocycles. The lowest BCUT2D eigenvalue weighted by Gasteiger charge is -2.10. The van der Waals surface area contributed by atoms with Gasteiger partial charge in [0.1, 0.15) is 29.2 Å². The van der Waals surface area contributed by atoms with Crippen molar-refractivity contribution in [3.8, 4) is 23.2 Å². The smallest absolute Gasteiger partial charge is 0.263 e. The van der Waals surface area contributed by atoms with Crippen LogP contribution in [-0.2, 0) is 0 Å². The number of anilines is 1. The molecule has 0 aliphatic heterocycles. The normalized spacial score (nSPS) is 10.7. The molecule has 11 nitrogen and oxygen atoms in total. The Morgan fingerprint density at radius 2 is 2.12 bits per heavy atom. The number of carbonyl (C=O) groups is 1. The van der Waals surface area contributed by atoms with Gasteiger partial charge in [-0.15, -0.1) is 15.3 Å². The zero-order chi connectivity index (χ0) is 22.7. The highest BCUT2D eigenvalue weighted by Gasteiger charge is 2.20. The summed E-state index contributed by atoms with van der Waals surface area (Å²) in [5.74, 6) is 1.00. The number of ether oxygens (including phenoxy) is 1. The molecule has 0 aliphatic carbocycles. The van der Waals surface area contributed by atoms with Gasteiger partial charge in [0.05, 0.1) is 13.7 Å². The number of hydrogen-bond acceptors (Lipinski definition) is 7. The Balaban J connectivity index is 1.61. The van der Waals surface area contributed by atoms with Crippen LogP contribution in [0.1, 0.15) is 30.2 Å². The molecule has 0 spiro atoms. The van der Waals surface area contributed by atoms with E-state index >= 15 is 0 Å². The van der Waals surface area contributed by atoms with Crippen LogP contribution in [0.3, 0.4) is 0 Å². The second kappa shape index (κ2) is 8.65. The first-order valence-electron chi connectivity index (χ1n) is 9.66. The second-order valence-corrected chi connectivity index (χ2v) is 7.00. The highest BCUT2D eigenvalue weighted by molar-refractivity contribution is 6.05. The van der Waals surface area contributed by atoms with Gasteiger partial charge in [0, 0.05) is 18.4 Å². The van der Waals surface area contributed by atoms with Crippen molar-refractivity contribution >= 4 is 17.4 Å². The Hall–Kier alpha value is -4.59. The molecule has 0 aliphatic rings. The van der Waals surface area contributed by atoms with E-state index < -0.39 is 5.91 Å². The van der Waals surface area contributed by atoms with Gasteiger partial charge in [-0.3, -0.25) is 4.79 Å². The van der Waals surface area contributed by atoms with E-state index in [1.165, 1.54) is 24.2 Å². The van der Waals surface area contributed by atoms with E-state index in [1.807, 2.05) is 18.4 Å². The van der Waals surface area contributed by atoms with Gasteiger partial charge in [0.2, 0.25) is 5.88 Å². The molecule has 0 bridgehead atoms. The van der Waals surface area contributed by atoms with Gasteiger partial charge >= 0.3 is 0 Å². The lowest BCUT2D eigenvalue weighted by molar-refractivity contribution is 0.102. The minimum atomic E-state index is -0.454. The predicted molar refractivity (Wildman–Crippen MR) is 116 cm³/mol. The van der Waals surface area contributed by atoms with Crippen LogP contribution in [0, 0.1) is 6.57 Å². The molecule has 4 heterocycles. The monoisotopic (exact) mass is 429 g/mol. The van der Waals surface area contributed by atoms with Crippen LogP contribution < -0.4 is 10.1 Å². The maximum absolute atomic E-state index is 12.9. The third-order valence-electron chi connectivity index (χ3n) is 4.56. The van der Waals surface area contributed by atoms with Gasteiger partial charge in [-0.1, -0.05) is 6.07 Å². The fourth-order valence-electron chi connectivity index (χ4n) is 3.00. The van der Waals surface area contributed by atoms with Crippen molar-refractivity contribution in [1.82, 2.24) is 34.5 Å². The fourth-order valence-corrected chi connectivity index (χ4v) is 3.00. The molecule has 0 atom stereocenters. The largest absolute Gasteiger partial charge is 0.479 e. The van der Waals surface area contributed by atoms with E-state index in [1.54, 1.807) is 36.7 Å². The first-order valence-corrected chi connectivity index (χ1v) is 9.66. The average Bonchev–Trinajstić information content (AvgIpc) is 3.47. The summed E-state index contributed by atoms with van der Waals surface area (Å²) in [6.07, 6.45) is 4.63. The maximum Gasteiger partial charge on any atom is 0.263 e. The minimum Gasteiger partial charge on any atom is -0.479 e. The SMILES string of the molecule is [C-]#[N+]c1ccnc(-n2cc(C(=O)Nc3cccc(-c4nncn4C(C)C)n3)c(OC)n2)c1. The van der Waals surface area contributed by atoms with Crippen LogP contribution in [0.2, 0.25) is 0 Å². The number of pyridine rings is 2. The predicted octanol–water partition coefficient (Wildman–Crippen LogP) is 3.31. The molecule has 0 saturated heterocycles. The Morgan fingerprint density at radius 1 is 1.28 bits per heavy atom. The van der Waals surface area contributed by atoms with E-state index in [4.69, 9.17) is 11.3 Å². The molecule has 0 unspecified atom stereocenters. The molecule has 0 saturated carbocycles. The summed E-state index contributed by atoms with van der Waals surface area (Å²) in [6, 6.07) is 8.56. The number of hydrogen-bond donors (Lipinski definition) is 1. The van der Waals surface area contributed by atoms with Crippen LogP contribution >= 0.6 is 0 Å². The van der Waals surface area contributed by atoms with Crippen LogP contribution in [0.5, 0.6) is 5.88 Å². The quantitative estimate of drug-likeness (QED) is 0.467. The molecule has 4 rings (SSSR count).